The van der Waals surface area contributed by atoms with Gasteiger partial charge < -0.3 is 28.2 Å². The SMILES string of the molecule is CCCCOc1cc(C(CC=CC(=O)O)OCC)ccc1OCCc1ccc(OS(C)(=O)=O)cc1OC. The highest BCUT2D eigenvalue weighted by molar-refractivity contribution is 7.86. The van der Waals surface area contributed by atoms with Crippen molar-refractivity contribution in [2.45, 2.75) is 45.6 Å². The molecule has 10 heteroatoms. The molecule has 0 saturated heterocycles. The molecule has 0 spiro atoms. The maximum atomic E-state index is 11.4. The average Bonchev–Trinajstić information content (AvgIpc) is 2.84. The third-order valence-electron chi connectivity index (χ3n) is 5.21. The molecular weight excluding hydrogens is 500 g/mol. The third-order valence-corrected chi connectivity index (χ3v) is 5.70. The second kappa shape index (κ2) is 15.1. The van der Waals surface area contributed by atoms with Gasteiger partial charge in [0.05, 0.1) is 32.7 Å². The Morgan fingerprint density at radius 2 is 1.78 bits per heavy atom. The lowest BCUT2D eigenvalue weighted by atomic mass is 10.1. The highest BCUT2D eigenvalue weighted by Crippen LogP contribution is 2.34. The van der Waals surface area contributed by atoms with E-state index >= 15 is 0 Å². The number of unbranched alkanes of at least 4 members (excludes halogenated alkanes) is 1. The first-order valence-corrected chi connectivity index (χ1v) is 13.9. The standard InChI is InChI=1S/C27H36O9S/c1-5-7-16-34-26-18-21(23(33-6-2)9-8-10-27(28)29)12-14-24(26)35-17-15-20-11-13-22(19-25(20)32-3)36-37(4,30)31/h8,10-14,18-19,23H,5-7,9,15-17H2,1-4H3,(H,28,29). The van der Waals surface area contributed by atoms with Crippen LogP contribution in [-0.2, 0) is 26.1 Å². The van der Waals surface area contributed by atoms with Gasteiger partial charge in [0.1, 0.15) is 11.5 Å². The van der Waals surface area contributed by atoms with E-state index in [1.807, 2.05) is 25.1 Å². The largest absolute Gasteiger partial charge is 0.496 e. The molecule has 0 aromatic heterocycles. The van der Waals surface area contributed by atoms with Gasteiger partial charge in [0.15, 0.2) is 11.5 Å². The van der Waals surface area contributed by atoms with E-state index in [2.05, 4.69) is 6.92 Å². The van der Waals surface area contributed by atoms with E-state index in [0.717, 1.165) is 36.3 Å². The van der Waals surface area contributed by atoms with Crippen LogP contribution in [0.2, 0.25) is 0 Å². The molecule has 2 rings (SSSR count). The van der Waals surface area contributed by atoms with Gasteiger partial charge >= 0.3 is 16.1 Å². The number of ether oxygens (including phenoxy) is 4. The van der Waals surface area contributed by atoms with Crippen LogP contribution < -0.4 is 18.4 Å². The summed E-state index contributed by atoms with van der Waals surface area (Å²) in [5.41, 5.74) is 1.69. The predicted molar refractivity (Wildman–Crippen MR) is 140 cm³/mol. The van der Waals surface area contributed by atoms with Crippen molar-refractivity contribution in [3.8, 4) is 23.0 Å². The lowest BCUT2D eigenvalue weighted by Crippen LogP contribution is -2.08. The van der Waals surface area contributed by atoms with Crippen molar-refractivity contribution in [3.63, 3.8) is 0 Å². The van der Waals surface area contributed by atoms with Gasteiger partial charge in [0.25, 0.3) is 0 Å². The van der Waals surface area contributed by atoms with Crippen molar-refractivity contribution in [2.24, 2.45) is 0 Å². The van der Waals surface area contributed by atoms with Crippen LogP contribution in [0, 0.1) is 0 Å². The van der Waals surface area contributed by atoms with Gasteiger partial charge in [-0.1, -0.05) is 31.6 Å². The van der Waals surface area contributed by atoms with Crippen molar-refractivity contribution in [3.05, 3.63) is 59.7 Å². The normalized spacial score (nSPS) is 12.3. The van der Waals surface area contributed by atoms with Gasteiger partial charge in [-0.15, -0.1) is 0 Å². The van der Waals surface area contributed by atoms with E-state index in [9.17, 15) is 13.2 Å². The quantitative estimate of drug-likeness (QED) is 0.170. The maximum Gasteiger partial charge on any atom is 0.327 e. The van der Waals surface area contributed by atoms with Crippen LogP contribution in [0.4, 0.5) is 0 Å². The summed E-state index contributed by atoms with van der Waals surface area (Å²) < 4.78 is 51.0. The number of benzene rings is 2. The van der Waals surface area contributed by atoms with Crippen LogP contribution in [0.5, 0.6) is 23.0 Å². The van der Waals surface area contributed by atoms with Crippen molar-refractivity contribution in [2.75, 3.05) is 33.2 Å². The summed E-state index contributed by atoms with van der Waals surface area (Å²) in [5, 5.41) is 8.88. The third kappa shape index (κ3) is 10.7. The molecule has 0 aliphatic heterocycles. The number of hydrogen-bond acceptors (Lipinski definition) is 8. The molecule has 0 bridgehead atoms. The number of rotatable bonds is 17. The summed E-state index contributed by atoms with van der Waals surface area (Å²) in [6, 6.07) is 10.4. The topological polar surface area (TPSA) is 118 Å². The minimum Gasteiger partial charge on any atom is -0.496 e. The molecule has 204 valence electrons. The number of aliphatic carboxylic acids is 1. The molecule has 0 heterocycles. The molecule has 2 aromatic rings. The van der Waals surface area contributed by atoms with Gasteiger partial charge in [0, 0.05) is 25.2 Å². The Kier molecular flexibility index (Phi) is 12.2. The molecule has 0 aliphatic carbocycles. The minimum atomic E-state index is -3.64. The molecule has 0 radical (unpaired) electrons. The Balaban J connectivity index is 2.17. The molecule has 0 saturated carbocycles. The monoisotopic (exact) mass is 536 g/mol. The van der Waals surface area contributed by atoms with Crippen LogP contribution in [0.15, 0.2) is 48.6 Å². The predicted octanol–water partition coefficient (Wildman–Crippen LogP) is 4.94. The smallest absolute Gasteiger partial charge is 0.327 e. The second-order valence-electron chi connectivity index (χ2n) is 8.19. The van der Waals surface area contributed by atoms with E-state index in [1.54, 1.807) is 18.2 Å². The summed E-state index contributed by atoms with van der Waals surface area (Å²) in [7, 11) is -2.14. The maximum absolute atomic E-state index is 11.4. The lowest BCUT2D eigenvalue weighted by molar-refractivity contribution is -0.131. The molecule has 1 atom stereocenters. The molecule has 0 fully saturated rings. The average molecular weight is 537 g/mol. The van der Waals surface area contributed by atoms with Crippen molar-refractivity contribution < 1.29 is 41.4 Å². The Morgan fingerprint density at radius 3 is 2.43 bits per heavy atom. The molecule has 1 N–H and O–H groups in total. The van der Waals surface area contributed by atoms with Crippen LogP contribution in [-0.4, -0.2) is 52.7 Å². The first kappa shape index (κ1) is 30.0. The van der Waals surface area contributed by atoms with Crippen LogP contribution in [0.3, 0.4) is 0 Å². The number of methoxy groups -OCH3 is 1. The second-order valence-corrected chi connectivity index (χ2v) is 9.76. The fourth-order valence-electron chi connectivity index (χ4n) is 3.51. The van der Waals surface area contributed by atoms with E-state index in [4.69, 9.17) is 28.2 Å². The number of carboxylic acid groups (broad SMARTS) is 1. The first-order chi connectivity index (χ1) is 17.7. The molecule has 0 aliphatic rings. The van der Waals surface area contributed by atoms with Gasteiger partial charge in [0.2, 0.25) is 0 Å². The summed E-state index contributed by atoms with van der Waals surface area (Å²) in [6.07, 6.45) is 6.12. The van der Waals surface area contributed by atoms with E-state index in [-0.39, 0.29) is 11.9 Å². The molecule has 1 unspecified atom stereocenters. The van der Waals surface area contributed by atoms with E-state index < -0.39 is 16.1 Å². The highest BCUT2D eigenvalue weighted by Gasteiger charge is 2.16. The Morgan fingerprint density at radius 1 is 1.03 bits per heavy atom. The van der Waals surface area contributed by atoms with Crippen LogP contribution in [0.25, 0.3) is 0 Å². The zero-order chi connectivity index (χ0) is 27.3. The molecular formula is C27H36O9S. The van der Waals surface area contributed by atoms with Gasteiger partial charge in [-0.25, -0.2) is 4.79 Å². The van der Waals surface area contributed by atoms with Gasteiger partial charge in [-0.2, -0.15) is 8.42 Å². The Hall–Kier alpha value is -3.24. The van der Waals surface area contributed by atoms with Crippen molar-refractivity contribution >= 4 is 16.1 Å². The summed E-state index contributed by atoms with van der Waals surface area (Å²) in [5.74, 6) is 0.826. The Bertz CT molecular complexity index is 1140. The zero-order valence-electron chi connectivity index (χ0n) is 21.8. The lowest BCUT2D eigenvalue weighted by Gasteiger charge is -2.19. The minimum absolute atomic E-state index is 0.174. The van der Waals surface area contributed by atoms with Crippen molar-refractivity contribution in [1.29, 1.82) is 0 Å². The van der Waals surface area contributed by atoms with Gasteiger partial charge in [-0.05, 0) is 49.1 Å². The van der Waals surface area contributed by atoms with Crippen LogP contribution in [0.1, 0.15) is 50.3 Å². The fraction of sp³-hybridized carbons (Fsp3) is 0.444. The molecule has 9 nitrogen and oxygen atoms in total. The molecule has 37 heavy (non-hydrogen) atoms. The van der Waals surface area contributed by atoms with Crippen molar-refractivity contribution in [1.82, 2.24) is 0 Å². The first-order valence-electron chi connectivity index (χ1n) is 12.1. The number of carbonyl (C=O) groups is 1. The number of carboxylic acids is 1. The molecule has 0 amide bonds. The number of hydrogen-bond donors (Lipinski definition) is 1. The fourth-order valence-corrected chi connectivity index (χ4v) is 3.96. The van der Waals surface area contributed by atoms with Gasteiger partial charge in [-0.3, -0.25) is 0 Å². The van der Waals surface area contributed by atoms with Crippen LogP contribution >= 0.6 is 0 Å². The van der Waals surface area contributed by atoms with E-state index in [0.29, 0.717) is 49.9 Å². The molecule has 2 aromatic carbocycles. The highest BCUT2D eigenvalue weighted by atomic mass is 32.2. The summed E-state index contributed by atoms with van der Waals surface area (Å²) in [6.45, 7) is 5.30. The summed E-state index contributed by atoms with van der Waals surface area (Å²) >= 11 is 0. The van der Waals surface area contributed by atoms with E-state index in [1.165, 1.54) is 13.2 Å². The Labute approximate surface area is 219 Å². The zero-order valence-corrected chi connectivity index (χ0v) is 22.6. The summed E-state index contributed by atoms with van der Waals surface area (Å²) in [4.78, 5) is 10.8.